The molecule has 0 bridgehead atoms. The number of hydrogen-bond donors (Lipinski definition) is 0. The van der Waals surface area contributed by atoms with Gasteiger partial charge in [-0.15, -0.1) is 6.58 Å². The number of anilines is 1. The highest BCUT2D eigenvalue weighted by Gasteiger charge is 2.26. The van der Waals surface area contributed by atoms with Gasteiger partial charge in [0.2, 0.25) is 0 Å². The summed E-state index contributed by atoms with van der Waals surface area (Å²) < 4.78 is 0. The quantitative estimate of drug-likeness (QED) is 0.575. The number of allylic oxidation sites excluding steroid dienone is 1. The maximum absolute atomic E-state index is 12.2. The van der Waals surface area contributed by atoms with Gasteiger partial charge >= 0.3 is 6.03 Å². The lowest BCUT2D eigenvalue weighted by atomic mass is 10.1. The predicted octanol–water partition coefficient (Wildman–Crippen LogP) is 3.41. The number of carbonyl (C=O) groups is 1. The zero-order chi connectivity index (χ0) is 13.0. The van der Waals surface area contributed by atoms with E-state index in [1.54, 1.807) is 4.90 Å². The van der Waals surface area contributed by atoms with Crippen LogP contribution in [0, 0.1) is 0 Å². The van der Waals surface area contributed by atoms with Crippen molar-refractivity contribution in [2.24, 2.45) is 0 Å². The second-order valence-corrected chi connectivity index (χ2v) is 4.70. The minimum Gasteiger partial charge on any atom is -0.323 e. The summed E-state index contributed by atoms with van der Waals surface area (Å²) in [4.78, 5) is 15.8. The van der Waals surface area contributed by atoms with E-state index in [1.165, 1.54) is 5.56 Å². The lowest BCUT2D eigenvalue weighted by Gasteiger charge is -2.35. The maximum atomic E-state index is 12.2. The van der Waals surface area contributed by atoms with Crippen LogP contribution in [-0.4, -0.2) is 24.5 Å². The normalized spacial score (nSPS) is 14.6. The summed E-state index contributed by atoms with van der Waals surface area (Å²) in [6, 6.07) is 8.25. The van der Waals surface area contributed by atoms with Crippen LogP contribution in [0.25, 0.3) is 0 Å². The van der Waals surface area contributed by atoms with Gasteiger partial charge in [-0.2, -0.15) is 0 Å². The average Bonchev–Trinajstić information content (AvgIpc) is 2.38. The van der Waals surface area contributed by atoms with Gasteiger partial charge in [-0.25, -0.2) is 4.79 Å². The topological polar surface area (TPSA) is 23.6 Å². The first-order valence-corrected chi connectivity index (χ1v) is 6.45. The molecule has 1 aromatic rings. The van der Waals surface area contributed by atoms with E-state index in [1.807, 2.05) is 36.2 Å². The minimum absolute atomic E-state index is 0.104. The number of rotatable bonds is 5. The first-order chi connectivity index (χ1) is 8.74. The molecule has 3 nitrogen and oxygen atoms in total. The molecule has 0 unspecified atom stereocenters. The zero-order valence-electron chi connectivity index (χ0n) is 10.9. The van der Waals surface area contributed by atoms with Crippen LogP contribution >= 0.6 is 0 Å². The van der Waals surface area contributed by atoms with Crippen molar-refractivity contribution >= 4 is 11.7 Å². The third-order valence-electron chi connectivity index (χ3n) is 3.29. The molecular weight excluding hydrogens is 224 g/mol. The van der Waals surface area contributed by atoms with E-state index < -0.39 is 0 Å². The van der Waals surface area contributed by atoms with Gasteiger partial charge in [-0.1, -0.05) is 24.3 Å². The molecule has 0 atom stereocenters. The van der Waals surface area contributed by atoms with Crippen molar-refractivity contribution in [3.05, 3.63) is 42.5 Å². The van der Waals surface area contributed by atoms with Crippen LogP contribution in [0.2, 0.25) is 0 Å². The molecule has 1 aliphatic heterocycles. The molecule has 0 spiro atoms. The number of urea groups is 1. The molecule has 1 heterocycles. The fourth-order valence-electron chi connectivity index (χ4n) is 2.31. The van der Waals surface area contributed by atoms with E-state index in [0.29, 0.717) is 6.54 Å². The van der Waals surface area contributed by atoms with Crippen LogP contribution in [0.3, 0.4) is 0 Å². The van der Waals surface area contributed by atoms with Gasteiger partial charge < -0.3 is 4.90 Å². The largest absolute Gasteiger partial charge is 0.324 e. The number of nitrogens with zero attached hydrogens (tertiary/aromatic N) is 2. The van der Waals surface area contributed by atoms with Crippen LogP contribution < -0.4 is 4.90 Å². The third-order valence-corrected chi connectivity index (χ3v) is 3.29. The van der Waals surface area contributed by atoms with Gasteiger partial charge in [0.25, 0.3) is 0 Å². The van der Waals surface area contributed by atoms with Crippen LogP contribution in [0.15, 0.2) is 36.9 Å². The Morgan fingerprint density at radius 3 is 2.89 bits per heavy atom. The third kappa shape index (κ3) is 2.55. The zero-order valence-corrected chi connectivity index (χ0v) is 10.9. The lowest BCUT2D eigenvalue weighted by Crippen LogP contribution is -2.45. The number of para-hydroxylation sites is 1. The molecule has 2 rings (SSSR count). The predicted molar refractivity (Wildman–Crippen MR) is 74.7 cm³/mol. The molecule has 0 radical (unpaired) electrons. The van der Waals surface area contributed by atoms with Crippen molar-refractivity contribution in [2.45, 2.75) is 25.8 Å². The van der Waals surface area contributed by atoms with E-state index in [2.05, 4.69) is 12.6 Å². The summed E-state index contributed by atoms with van der Waals surface area (Å²) in [6.45, 7) is 5.21. The molecule has 0 N–H and O–H groups in total. The highest BCUT2D eigenvalue weighted by Crippen LogP contribution is 2.27. The molecule has 0 aromatic heterocycles. The Morgan fingerprint density at radius 1 is 1.33 bits per heavy atom. The Labute approximate surface area is 109 Å². The van der Waals surface area contributed by atoms with Crippen molar-refractivity contribution in [1.29, 1.82) is 0 Å². The van der Waals surface area contributed by atoms with Crippen molar-refractivity contribution in [2.75, 3.05) is 18.5 Å². The number of amides is 2. The van der Waals surface area contributed by atoms with Crippen molar-refractivity contribution in [3.8, 4) is 0 Å². The molecule has 3 heteroatoms. The Hall–Kier alpha value is -1.77. The van der Waals surface area contributed by atoms with Gasteiger partial charge in [0.05, 0.1) is 5.69 Å². The molecule has 0 saturated carbocycles. The van der Waals surface area contributed by atoms with Gasteiger partial charge in [0.1, 0.15) is 0 Å². The van der Waals surface area contributed by atoms with Gasteiger partial charge in [-0.3, -0.25) is 4.90 Å². The molecule has 0 saturated heterocycles. The SMILES string of the molecule is C=CCCCCN1C(=O)N(C)Cc2ccccc21. The van der Waals surface area contributed by atoms with Gasteiger partial charge in [0, 0.05) is 20.1 Å². The molecule has 2 amide bonds. The summed E-state index contributed by atoms with van der Waals surface area (Å²) in [5, 5.41) is 0. The van der Waals surface area contributed by atoms with Gasteiger partial charge in [-0.05, 0) is 30.9 Å². The second kappa shape index (κ2) is 5.71. The van der Waals surface area contributed by atoms with Crippen LogP contribution in [-0.2, 0) is 6.54 Å². The fraction of sp³-hybridized carbons (Fsp3) is 0.400. The molecule has 1 aromatic carbocycles. The van der Waals surface area contributed by atoms with Crippen molar-refractivity contribution < 1.29 is 4.79 Å². The molecular formula is C15H20N2O. The first kappa shape index (κ1) is 12.7. The van der Waals surface area contributed by atoms with E-state index in [4.69, 9.17) is 0 Å². The Kier molecular flexibility index (Phi) is 4.03. The lowest BCUT2D eigenvalue weighted by molar-refractivity contribution is 0.210. The Bertz CT molecular complexity index is 442. The maximum Gasteiger partial charge on any atom is 0.324 e. The van der Waals surface area contributed by atoms with Crippen LogP contribution in [0.1, 0.15) is 24.8 Å². The molecule has 18 heavy (non-hydrogen) atoms. The van der Waals surface area contributed by atoms with E-state index in [-0.39, 0.29) is 6.03 Å². The number of hydrogen-bond acceptors (Lipinski definition) is 1. The summed E-state index contributed by atoms with van der Waals surface area (Å²) in [5.74, 6) is 0. The second-order valence-electron chi connectivity index (χ2n) is 4.70. The summed E-state index contributed by atoms with van der Waals surface area (Å²) in [5.41, 5.74) is 2.29. The first-order valence-electron chi connectivity index (χ1n) is 6.45. The van der Waals surface area contributed by atoms with Crippen molar-refractivity contribution in [1.82, 2.24) is 4.90 Å². The molecule has 96 valence electrons. The van der Waals surface area contributed by atoms with Crippen LogP contribution in [0.4, 0.5) is 10.5 Å². The van der Waals surface area contributed by atoms with E-state index >= 15 is 0 Å². The van der Waals surface area contributed by atoms with Crippen molar-refractivity contribution in [3.63, 3.8) is 0 Å². The monoisotopic (exact) mass is 244 g/mol. The Morgan fingerprint density at radius 2 is 2.11 bits per heavy atom. The Balaban J connectivity index is 2.11. The highest BCUT2D eigenvalue weighted by atomic mass is 16.2. The number of benzene rings is 1. The summed E-state index contributed by atoms with van der Waals surface area (Å²) in [7, 11) is 1.86. The van der Waals surface area contributed by atoms with Gasteiger partial charge in [0.15, 0.2) is 0 Å². The van der Waals surface area contributed by atoms with E-state index in [0.717, 1.165) is 31.5 Å². The number of carbonyl (C=O) groups excluding carboxylic acids is 1. The summed E-state index contributed by atoms with van der Waals surface area (Å²) >= 11 is 0. The number of fused-ring (bicyclic) bond motifs is 1. The molecule has 0 fully saturated rings. The van der Waals surface area contributed by atoms with Crippen LogP contribution in [0.5, 0.6) is 0 Å². The number of unbranched alkanes of at least 4 members (excludes halogenated alkanes) is 2. The standard InChI is InChI=1S/C15H20N2O/c1-3-4-5-8-11-17-14-10-7-6-9-13(14)12-16(2)15(17)18/h3,6-7,9-10H,1,4-5,8,11-12H2,2H3. The van der Waals surface area contributed by atoms with E-state index in [9.17, 15) is 4.79 Å². The molecule has 0 aliphatic carbocycles. The average molecular weight is 244 g/mol. The fourth-order valence-corrected chi connectivity index (χ4v) is 2.31. The minimum atomic E-state index is 0.104. The highest BCUT2D eigenvalue weighted by molar-refractivity contribution is 5.94. The molecule has 1 aliphatic rings. The smallest absolute Gasteiger partial charge is 0.323 e. The summed E-state index contributed by atoms with van der Waals surface area (Å²) in [6.07, 6.45) is 5.04.